The van der Waals surface area contributed by atoms with Gasteiger partial charge in [-0.1, -0.05) is 68.8 Å². The van der Waals surface area contributed by atoms with E-state index in [9.17, 15) is 9.59 Å². The summed E-state index contributed by atoms with van der Waals surface area (Å²) < 4.78 is 5.59. The van der Waals surface area contributed by atoms with Gasteiger partial charge in [-0.3, -0.25) is 14.5 Å². The van der Waals surface area contributed by atoms with Crippen molar-refractivity contribution < 1.29 is 14.3 Å². The second-order valence-electron chi connectivity index (χ2n) is 7.48. The zero-order valence-electron chi connectivity index (χ0n) is 16.1. The average Bonchev–Trinajstić information content (AvgIpc) is 2.90. The Kier molecular flexibility index (Phi) is 6.16. The number of benzene rings is 2. The molecule has 0 bridgehead atoms. The van der Waals surface area contributed by atoms with Crippen molar-refractivity contribution in [2.45, 2.75) is 26.2 Å². The van der Waals surface area contributed by atoms with Gasteiger partial charge < -0.3 is 4.74 Å². The zero-order chi connectivity index (χ0) is 20.3. The van der Waals surface area contributed by atoms with Gasteiger partial charge in [-0.2, -0.15) is 0 Å². The molecule has 1 saturated heterocycles. The lowest BCUT2D eigenvalue weighted by atomic mass is 9.87. The van der Waals surface area contributed by atoms with E-state index in [1.165, 1.54) is 10.5 Å². The number of thioether (sulfide) groups is 1. The molecule has 2 aromatic rings. The standard InChI is InChI=1S/C22H22ClNO3S/c1-22(2,3)16-10-8-15(9-11-16)14-19-20(25)24(21(26)28-19)12-13-27-18-7-5-4-6-17(18)23/h4-11,14H,12-13H2,1-3H3/b19-14-. The Morgan fingerprint density at radius 2 is 1.75 bits per heavy atom. The second kappa shape index (κ2) is 8.41. The first-order valence-corrected chi connectivity index (χ1v) is 10.2. The van der Waals surface area contributed by atoms with E-state index in [1.807, 2.05) is 36.4 Å². The van der Waals surface area contributed by atoms with Crippen molar-refractivity contribution in [2.75, 3.05) is 13.2 Å². The summed E-state index contributed by atoms with van der Waals surface area (Å²) in [6, 6.07) is 15.1. The van der Waals surface area contributed by atoms with E-state index in [-0.39, 0.29) is 29.7 Å². The lowest BCUT2D eigenvalue weighted by Gasteiger charge is -2.18. The number of amides is 2. The predicted molar refractivity (Wildman–Crippen MR) is 115 cm³/mol. The largest absolute Gasteiger partial charge is 0.490 e. The maximum absolute atomic E-state index is 12.6. The monoisotopic (exact) mass is 415 g/mol. The van der Waals surface area contributed by atoms with Gasteiger partial charge in [0.15, 0.2) is 0 Å². The molecule has 0 aliphatic carbocycles. The van der Waals surface area contributed by atoms with E-state index in [2.05, 4.69) is 20.8 Å². The van der Waals surface area contributed by atoms with Crippen LogP contribution in [0.2, 0.25) is 5.02 Å². The number of nitrogens with zero attached hydrogens (tertiary/aromatic N) is 1. The van der Waals surface area contributed by atoms with Crippen LogP contribution in [0.15, 0.2) is 53.4 Å². The number of hydrogen-bond donors (Lipinski definition) is 0. The molecule has 0 saturated carbocycles. The summed E-state index contributed by atoms with van der Waals surface area (Å²) in [7, 11) is 0. The topological polar surface area (TPSA) is 46.6 Å². The van der Waals surface area contributed by atoms with Crippen LogP contribution in [0.3, 0.4) is 0 Å². The Morgan fingerprint density at radius 1 is 1.07 bits per heavy atom. The van der Waals surface area contributed by atoms with Crippen LogP contribution in [-0.2, 0) is 10.2 Å². The normalized spacial score (nSPS) is 16.1. The van der Waals surface area contributed by atoms with Crippen LogP contribution in [0.25, 0.3) is 6.08 Å². The van der Waals surface area contributed by atoms with Crippen LogP contribution in [0.1, 0.15) is 31.9 Å². The van der Waals surface area contributed by atoms with Gasteiger partial charge in [0, 0.05) is 0 Å². The number of carbonyl (C=O) groups is 2. The molecule has 28 heavy (non-hydrogen) atoms. The van der Waals surface area contributed by atoms with E-state index in [0.29, 0.717) is 15.7 Å². The molecule has 0 N–H and O–H groups in total. The molecule has 2 amide bonds. The van der Waals surface area contributed by atoms with Crippen molar-refractivity contribution in [3.8, 4) is 5.75 Å². The van der Waals surface area contributed by atoms with Gasteiger partial charge in [0.1, 0.15) is 12.4 Å². The minimum atomic E-state index is -0.294. The zero-order valence-corrected chi connectivity index (χ0v) is 17.6. The Hall–Kier alpha value is -2.24. The molecule has 6 heteroatoms. The predicted octanol–water partition coefficient (Wildman–Crippen LogP) is 5.75. The fourth-order valence-corrected chi connectivity index (χ4v) is 3.79. The molecule has 0 aromatic heterocycles. The SMILES string of the molecule is CC(C)(C)c1ccc(/C=C2\SC(=O)N(CCOc3ccccc3Cl)C2=O)cc1. The maximum Gasteiger partial charge on any atom is 0.293 e. The molecule has 1 fully saturated rings. The molecule has 146 valence electrons. The van der Waals surface area contributed by atoms with Crippen LogP contribution in [-0.4, -0.2) is 29.2 Å². The number of ether oxygens (including phenoxy) is 1. The van der Waals surface area contributed by atoms with Gasteiger partial charge in [0.05, 0.1) is 16.5 Å². The Balaban J connectivity index is 1.64. The smallest absolute Gasteiger partial charge is 0.293 e. The molecular weight excluding hydrogens is 394 g/mol. The van der Waals surface area contributed by atoms with Crippen molar-refractivity contribution in [3.63, 3.8) is 0 Å². The minimum Gasteiger partial charge on any atom is -0.490 e. The molecule has 2 aromatic carbocycles. The highest BCUT2D eigenvalue weighted by atomic mass is 35.5. The van der Waals surface area contributed by atoms with Gasteiger partial charge in [0.25, 0.3) is 11.1 Å². The molecule has 0 unspecified atom stereocenters. The third-order valence-corrected chi connectivity index (χ3v) is 5.58. The third-order valence-electron chi connectivity index (χ3n) is 4.36. The number of rotatable bonds is 5. The number of imide groups is 1. The second-order valence-corrected chi connectivity index (χ2v) is 8.88. The summed E-state index contributed by atoms with van der Waals surface area (Å²) in [5.41, 5.74) is 2.18. The van der Waals surface area contributed by atoms with Gasteiger partial charge in [0.2, 0.25) is 0 Å². The molecule has 0 atom stereocenters. The summed E-state index contributed by atoms with van der Waals surface area (Å²) in [6.07, 6.45) is 1.76. The highest BCUT2D eigenvalue weighted by molar-refractivity contribution is 8.18. The lowest BCUT2D eigenvalue weighted by molar-refractivity contribution is -0.123. The number of hydrogen-bond acceptors (Lipinski definition) is 4. The van der Waals surface area contributed by atoms with Crippen LogP contribution >= 0.6 is 23.4 Å². The highest BCUT2D eigenvalue weighted by Crippen LogP contribution is 2.32. The first-order valence-electron chi connectivity index (χ1n) is 8.99. The minimum absolute atomic E-state index is 0.0675. The van der Waals surface area contributed by atoms with Gasteiger partial charge in [-0.15, -0.1) is 0 Å². The number of halogens is 1. The molecular formula is C22H22ClNO3S. The van der Waals surface area contributed by atoms with Crippen molar-refractivity contribution in [2.24, 2.45) is 0 Å². The maximum atomic E-state index is 12.6. The average molecular weight is 416 g/mol. The van der Waals surface area contributed by atoms with Gasteiger partial charge in [-0.25, -0.2) is 0 Å². The van der Waals surface area contributed by atoms with Crippen molar-refractivity contribution in [1.82, 2.24) is 4.90 Å². The van der Waals surface area contributed by atoms with Crippen LogP contribution in [0.5, 0.6) is 5.75 Å². The molecule has 1 aliphatic rings. The molecule has 0 radical (unpaired) electrons. The summed E-state index contributed by atoms with van der Waals surface area (Å²) >= 11 is 7.00. The molecule has 4 nitrogen and oxygen atoms in total. The summed E-state index contributed by atoms with van der Waals surface area (Å²) in [6.45, 7) is 6.82. The summed E-state index contributed by atoms with van der Waals surface area (Å²) in [4.78, 5) is 26.4. The van der Waals surface area contributed by atoms with E-state index in [0.717, 1.165) is 17.3 Å². The Labute approximate surface area is 174 Å². The van der Waals surface area contributed by atoms with E-state index >= 15 is 0 Å². The Morgan fingerprint density at radius 3 is 2.39 bits per heavy atom. The molecule has 1 heterocycles. The molecule has 3 rings (SSSR count). The third kappa shape index (κ3) is 4.78. The van der Waals surface area contributed by atoms with Crippen LogP contribution in [0.4, 0.5) is 4.79 Å². The quantitative estimate of drug-likeness (QED) is 0.583. The van der Waals surface area contributed by atoms with Crippen molar-refractivity contribution >= 4 is 40.6 Å². The highest BCUT2D eigenvalue weighted by Gasteiger charge is 2.34. The van der Waals surface area contributed by atoms with E-state index in [4.69, 9.17) is 16.3 Å². The van der Waals surface area contributed by atoms with Crippen molar-refractivity contribution in [3.05, 3.63) is 69.6 Å². The van der Waals surface area contributed by atoms with Crippen LogP contribution < -0.4 is 4.74 Å². The first-order chi connectivity index (χ1) is 13.3. The fraction of sp³-hybridized carbons (Fsp3) is 0.273. The van der Waals surface area contributed by atoms with E-state index < -0.39 is 0 Å². The molecule has 0 spiro atoms. The summed E-state index contributed by atoms with van der Waals surface area (Å²) in [5.74, 6) is 0.239. The number of para-hydroxylation sites is 1. The van der Waals surface area contributed by atoms with Crippen LogP contribution in [0, 0.1) is 0 Å². The molecule has 1 aliphatic heterocycles. The first kappa shape index (κ1) is 20.5. The van der Waals surface area contributed by atoms with Gasteiger partial charge in [-0.05, 0) is 46.5 Å². The van der Waals surface area contributed by atoms with Crippen molar-refractivity contribution in [1.29, 1.82) is 0 Å². The lowest BCUT2D eigenvalue weighted by Crippen LogP contribution is -2.32. The summed E-state index contributed by atoms with van der Waals surface area (Å²) in [5, 5.41) is 0.209. The number of carbonyl (C=O) groups excluding carboxylic acids is 2. The Bertz CT molecular complexity index is 916. The van der Waals surface area contributed by atoms with Gasteiger partial charge >= 0.3 is 0 Å². The van der Waals surface area contributed by atoms with E-state index in [1.54, 1.807) is 18.2 Å². The fourth-order valence-electron chi connectivity index (χ4n) is 2.73.